The molecule has 0 spiro atoms. The van der Waals surface area contributed by atoms with Crippen molar-refractivity contribution in [3.05, 3.63) is 24.6 Å². The van der Waals surface area contributed by atoms with Crippen molar-refractivity contribution in [3.63, 3.8) is 0 Å². The molecule has 2 aliphatic heterocycles. The summed E-state index contributed by atoms with van der Waals surface area (Å²) in [5.41, 5.74) is 1.34. The Morgan fingerprint density at radius 1 is 0.692 bits per heavy atom. The van der Waals surface area contributed by atoms with Crippen molar-refractivity contribution in [2.24, 2.45) is 10.8 Å². The van der Waals surface area contributed by atoms with Gasteiger partial charge in [-0.3, -0.25) is 0 Å². The second kappa shape index (κ2) is 7.98. The molecule has 0 saturated heterocycles. The van der Waals surface area contributed by atoms with Crippen LogP contribution in [0, 0.1) is 10.8 Å². The standard InChI is InChI=1S/C12H23N.C10H19N.C2H6/c1-10(2,3)13-9-8-11(4,5)12(13,6)7;1-9(2,3)11-7-6-10(4,5)8-11;1-2/h8-9H,1-7H3;6-7H,8H2,1-5H3;1-2H3. The zero-order valence-corrected chi connectivity index (χ0v) is 20.4. The fourth-order valence-electron chi connectivity index (χ4n) is 3.32. The highest BCUT2D eigenvalue weighted by molar-refractivity contribution is 5.18. The Morgan fingerprint density at radius 2 is 1.15 bits per heavy atom. The van der Waals surface area contributed by atoms with Gasteiger partial charge in [-0.25, -0.2) is 0 Å². The minimum Gasteiger partial charge on any atom is -0.372 e. The van der Waals surface area contributed by atoms with Gasteiger partial charge in [0, 0.05) is 34.0 Å². The SMILES string of the molecule is CC.CC(C)(C)N1C=CC(C)(C)C1(C)C.CC1(C)C=CN(C(C)(C)C)C1. The molecule has 0 aromatic carbocycles. The Balaban J connectivity index is 0.000000444. The minimum atomic E-state index is 0.214. The van der Waals surface area contributed by atoms with Crippen molar-refractivity contribution in [1.29, 1.82) is 0 Å². The van der Waals surface area contributed by atoms with E-state index in [1.807, 2.05) is 13.8 Å². The van der Waals surface area contributed by atoms with Crippen molar-refractivity contribution in [3.8, 4) is 0 Å². The van der Waals surface area contributed by atoms with Crippen molar-refractivity contribution in [2.45, 2.75) is 114 Å². The maximum Gasteiger partial charge on any atom is 0.0431 e. The summed E-state index contributed by atoms with van der Waals surface area (Å²) in [6, 6.07) is 0. The van der Waals surface area contributed by atoms with Crippen LogP contribution < -0.4 is 0 Å². The molecule has 2 rings (SSSR count). The third-order valence-corrected chi connectivity index (χ3v) is 5.69. The van der Waals surface area contributed by atoms with Gasteiger partial charge in [-0.15, -0.1) is 0 Å². The molecule has 0 radical (unpaired) electrons. The van der Waals surface area contributed by atoms with E-state index in [2.05, 4.69) is 117 Å². The van der Waals surface area contributed by atoms with Crippen LogP contribution in [0.2, 0.25) is 0 Å². The van der Waals surface area contributed by atoms with E-state index in [4.69, 9.17) is 0 Å². The van der Waals surface area contributed by atoms with E-state index in [1.54, 1.807) is 0 Å². The van der Waals surface area contributed by atoms with E-state index in [-0.39, 0.29) is 22.0 Å². The predicted octanol–water partition coefficient (Wildman–Crippen LogP) is 7.09. The lowest BCUT2D eigenvalue weighted by molar-refractivity contribution is 0.0388. The van der Waals surface area contributed by atoms with E-state index < -0.39 is 0 Å². The lowest BCUT2D eigenvalue weighted by Gasteiger charge is -2.49. The number of hydrogen-bond donors (Lipinski definition) is 0. The summed E-state index contributed by atoms with van der Waals surface area (Å²) in [5, 5.41) is 0. The molecule has 0 bridgehead atoms. The highest BCUT2D eigenvalue weighted by Gasteiger charge is 2.46. The van der Waals surface area contributed by atoms with Gasteiger partial charge in [0.2, 0.25) is 0 Å². The van der Waals surface area contributed by atoms with Crippen LogP contribution in [0.25, 0.3) is 0 Å². The van der Waals surface area contributed by atoms with Crippen molar-refractivity contribution in [2.75, 3.05) is 6.54 Å². The second-order valence-electron chi connectivity index (χ2n) is 11.2. The molecule has 154 valence electrons. The molecule has 2 heteroatoms. The normalized spacial score (nSPS) is 22.5. The molecule has 2 heterocycles. The van der Waals surface area contributed by atoms with E-state index in [9.17, 15) is 0 Å². The molecular formula is C24H48N2. The molecule has 0 aliphatic carbocycles. The zero-order chi connectivity index (χ0) is 21.2. The Bertz CT molecular complexity index is 493. The summed E-state index contributed by atoms with van der Waals surface area (Å²) in [4.78, 5) is 4.85. The maximum atomic E-state index is 2.46. The van der Waals surface area contributed by atoms with E-state index in [0.29, 0.717) is 5.41 Å². The van der Waals surface area contributed by atoms with E-state index >= 15 is 0 Å². The van der Waals surface area contributed by atoms with Gasteiger partial charge in [-0.1, -0.05) is 53.7 Å². The van der Waals surface area contributed by atoms with Crippen molar-refractivity contribution >= 4 is 0 Å². The quantitative estimate of drug-likeness (QED) is 0.453. The highest BCUT2D eigenvalue weighted by Crippen LogP contribution is 2.45. The monoisotopic (exact) mass is 364 g/mol. The molecule has 0 aromatic heterocycles. The van der Waals surface area contributed by atoms with Crippen LogP contribution in [0.5, 0.6) is 0 Å². The summed E-state index contributed by atoms with van der Waals surface area (Å²) in [5.74, 6) is 0. The van der Waals surface area contributed by atoms with Gasteiger partial charge in [0.05, 0.1) is 0 Å². The molecule has 26 heavy (non-hydrogen) atoms. The number of rotatable bonds is 0. The predicted molar refractivity (Wildman–Crippen MR) is 119 cm³/mol. The van der Waals surface area contributed by atoms with Crippen LogP contribution in [-0.2, 0) is 0 Å². The second-order valence-corrected chi connectivity index (χ2v) is 11.2. The van der Waals surface area contributed by atoms with Gasteiger partial charge >= 0.3 is 0 Å². The van der Waals surface area contributed by atoms with Crippen LogP contribution in [0.3, 0.4) is 0 Å². The van der Waals surface area contributed by atoms with Gasteiger partial charge in [-0.05, 0) is 67.8 Å². The fraction of sp³-hybridized carbons (Fsp3) is 0.833. The largest absolute Gasteiger partial charge is 0.372 e. The lowest BCUT2D eigenvalue weighted by atomic mass is 9.75. The van der Waals surface area contributed by atoms with Crippen LogP contribution in [0.15, 0.2) is 24.6 Å². The molecule has 0 N–H and O–H groups in total. The maximum absolute atomic E-state index is 2.46. The summed E-state index contributed by atoms with van der Waals surface area (Å²) < 4.78 is 0. The molecule has 2 aliphatic rings. The minimum absolute atomic E-state index is 0.214. The number of nitrogens with zero attached hydrogens (tertiary/aromatic N) is 2. The number of hydrogen-bond acceptors (Lipinski definition) is 2. The Labute approximate surface area is 165 Å². The Hall–Kier alpha value is -0.920. The molecule has 0 fully saturated rings. The van der Waals surface area contributed by atoms with Crippen LogP contribution in [-0.4, -0.2) is 33.0 Å². The molecular weight excluding hydrogens is 316 g/mol. The average Bonchev–Trinajstić information content (AvgIpc) is 2.89. The molecule has 0 unspecified atom stereocenters. The first-order valence-electron chi connectivity index (χ1n) is 10.4. The Morgan fingerprint density at radius 3 is 1.31 bits per heavy atom. The molecule has 0 amide bonds. The molecule has 2 nitrogen and oxygen atoms in total. The third kappa shape index (κ3) is 6.06. The van der Waals surface area contributed by atoms with Gasteiger partial charge in [-0.2, -0.15) is 0 Å². The van der Waals surface area contributed by atoms with Gasteiger partial charge in [0.1, 0.15) is 0 Å². The summed E-state index contributed by atoms with van der Waals surface area (Å²) in [7, 11) is 0. The lowest BCUT2D eigenvalue weighted by Crippen LogP contribution is -2.54. The van der Waals surface area contributed by atoms with Crippen LogP contribution in [0.1, 0.15) is 96.9 Å². The first-order chi connectivity index (χ1) is 11.4. The smallest absolute Gasteiger partial charge is 0.0431 e. The van der Waals surface area contributed by atoms with Gasteiger partial charge in [0.25, 0.3) is 0 Å². The van der Waals surface area contributed by atoms with Gasteiger partial charge in [0.15, 0.2) is 0 Å². The third-order valence-electron chi connectivity index (χ3n) is 5.69. The van der Waals surface area contributed by atoms with E-state index in [0.717, 1.165) is 6.54 Å². The average molecular weight is 365 g/mol. The van der Waals surface area contributed by atoms with E-state index in [1.165, 1.54) is 0 Å². The highest BCUT2D eigenvalue weighted by atomic mass is 15.3. The first-order valence-corrected chi connectivity index (χ1v) is 10.4. The van der Waals surface area contributed by atoms with Crippen molar-refractivity contribution < 1.29 is 0 Å². The topological polar surface area (TPSA) is 6.48 Å². The summed E-state index contributed by atoms with van der Waals surface area (Å²) >= 11 is 0. The molecule has 0 aromatic rings. The van der Waals surface area contributed by atoms with Crippen molar-refractivity contribution in [1.82, 2.24) is 9.80 Å². The zero-order valence-electron chi connectivity index (χ0n) is 20.4. The molecule has 0 atom stereocenters. The van der Waals surface area contributed by atoms with Crippen LogP contribution in [0.4, 0.5) is 0 Å². The van der Waals surface area contributed by atoms with Crippen LogP contribution >= 0.6 is 0 Å². The summed E-state index contributed by atoms with van der Waals surface area (Å²) in [6.07, 6.45) is 9.08. The fourth-order valence-corrected chi connectivity index (χ4v) is 3.32. The summed E-state index contributed by atoms with van der Waals surface area (Å²) in [6.45, 7) is 32.5. The first kappa shape index (κ1) is 25.1. The Kier molecular flexibility index (Phi) is 7.70. The van der Waals surface area contributed by atoms with Gasteiger partial charge < -0.3 is 9.80 Å². The molecule has 0 saturated carbocycles.